The predicted octanol–water partition coefficient (Wildman–Crippen LogP) is 2.64. The van der Waals surface area contributed by atoms with Crippen LogP contribution in [0.25, 0.3) is 11.3 Å². The minimum Gasteiger partial charge on any atom is -0.481 e. The molecule has 1 aromatic carbocycles. The number of hydrogen-bond donors (Lipinski definition) is 2. The molecule has 0 aliphatic carbocycles. The van der Waals surface area contributed by atoms with Crippen LogP contribution in [0.4, 0.5) is 0 Å². The molecule has 1 aromatic heterocycles. The van der Waals surface area contributed by atoms with Gasteiger partial charge in [0.2, 0.25) is 5.91 Å². The second-order valence-corrected chi connectivity index (χ2v) is 6.16. The van der Waals surface area contributed by atoms with Crippen molar-refractivity contribution in [2.24, 2.45) is 0 Å². The number of nitrogens with one attached hydrogen (secondary N) is 1. The fraction of sp³-hybridized carbons (Fsp3) is 0.312. The van der Waals surface area contributed by atoms with Crippen LogP contribution in [0.1, 0.15) is 22.7 Å². The number of nitrogens with zero attached hydrogens (tertiary/aromatic N) is 1. The van der Waals surface area contributed by atoms with Crippen LogP contribution >= 0.6 is 11.3 Å². The number of thiazole rings is 1. The molecule has 22 heavy (non-hydrogen) atoms. The Hall–Kier alpha value is -2.21. The molecule has 0 saturated heterocycles. The highest BCUT2D eigenvalue weighted by Crippen LogP contribution is 2.27. The number of amides is 1. The summed E-state index contributed by atoms with van der Waals surface area (Å²) in [4.78, 5) is 27.6. The molecule has 1 amide bonds. The van der Waals surface area contributed by atoms with Gasteiger partial charge in [0, 0.05) is 29.8 Å². The van der Waals surface area contributed by atoms with Crippen molar-refractivity contribution in [3.63, 3.8) is 0 Å². The lowest BCUT2D eigenvalue weighted by Crippen LogP contribution is -2.25. The zero-order valence-corrected chi connectivity index (χ0v) is 13.2. The van der Waals surface area contributed by atoms with Gasteiger partial charge in [-0.1, -0.05) is 30.3 Å². The van der Waals surface area contributed by atoms with E-state index in [1.165, 1.54) is 0 Å². The van der Waals surface area contributed by atoms with Crippen molar-refractivity contribution in [3.8, 4) is 11.3 Å². The van der Waals surface area contributed by atoms with Crippen molar-refractivity contribution in [2.75, 3.05) is 6.54 Å². The molecule has 2 N–H and O–H groups in total. The monoisotopic (exact) mass is 318 g/mol. The molecule has 0 atom stereocenters. The average Bonchev–Trinajstić information content (AvgIpc) is 2.87. The van der Waals surface area contributed by atoms with Gasteiger partial charge < -0.3 is 10.4 Å². The summed E-state index contributed by atoms with van der Waals surface area (Å²) in [5.41, 5.74) is 2.07. The summed E-state index contributed by atoms with van der Waals surface area (Å²) in [6, 6.07) is 9.99. The van der Waals surface area contributed by atoms with Crippen molar-refractivity contribution >= 4 is 23.2 Å². The Morgan fingerprint density at radius 3 is 2.64 bits per heavy atom. The van der Waals surface area contributed by atoms with Crippen LogP contribution in [0.2, 0.25) is 0 Å². The van der Waals surface area contributed by atoms with E-state index in [0.29, 0.717) is 13.0 Å². The van der Waals surface area contributed by atoms with Gasteiger partial charge in [0.1, 0.15) is 0 Å². The smallest absolute Gasteiger partial charge is 0.303 e. The van der Waals surface area contributed by atoms with Crippen molar-refractivity contribution < 1.29 is 14.7 Å². The van der Waals surface area contributed by atoms with Gasteiger partial charge in [0.25, 0.3) is 0 Å². The van der Waals surface area contributed by atoms with Gasteiger partial charge in [0.05, 0.1) is 17.1 Å². The normalized spacial score (nSPS) is 10.4. The number of aryl methyl sites for hydroxylation is 1. The number of carbonyl (C=O) groups excluding carboxylic acids is 1. The first-order valence-corrected chi connectivity index (χ1v) is 7.88. The van der Waals surface area contributed by atoms with Gasteiger partial charge in [-0.2, -0.15) is 0 Å². The first-order valence-electron chi connectivity index (χ1n) is 7.06. The SMILES string of the molecule is Cc1sc(CCNC(=O)CCC(=O)O)nc1-c1ccccc1. The zero-order chi connectivity index (χ0) is 15.9. The minimum absolute atomic E-state index is 0.0154. The van der Waals surface area contributed by atoms with Gasteiger partial charge in [-0.15, -0.1) is 11.3 Å². The maximum absolute atomic E-state index is 11.4. The van der Waals surface area contributed by atoms with E-state index in [-0.39, 0.29) is 18.7 Å². The summed E-state index contributed by atoms with van der Waals surface area (Å²) in [5, 5.41) is 12.2. The van der Waals surface area contributed by atoms with Crippen molar-refractivity contribution in [3.05, 3.63) is 40.2 Å². The van der Waals surface area contributed by atoms with Crippen LogP contribution in [0.15, 0.2) is 30.3 Å². The van der Waals surface area contributed by atoms with Crippen LogP contribution in [0, 0.1) is 6.92 Å². The Kier molecular flexibility index (Phi) is 5.66. The molecule has 116 valence electrons. The van der Waals surface area contributed by atoms with Gasteiger partial charge >= 0.3 is 5.97 Å². The van der Waals surface area contributed by atoms with Crippen LogP contribution in [0.3, 0.4) is 0 Å². The Morgan fingerprint density at radius 2 is 1.95 bits per heavy atom. The molecule has 0 fully saturated rings. The molecule has 5 nitrogen and oxygen atoms in total. The van der Waals surface area contributed by atoms with E-state index in [4.69, 9.17) is 5.11 Å². The quantitative estimate of drug-likeness (QED) is 0.822. The number of carbonyl (C=O) groups is 2. The molecule has 2 rings (SSSR count). The van der Waals surface area contributed by atoms with Gasteiger partial charge in [-0.3, -0.25) is 9.59 Å². The van der Waals surface area contributed by atoms with Crippen molar-refractivity contribution in [1.82, 2.24) is 10.3 Å². The third-order valence-corrected chi connectivity index (χ3v) is 4.15. The Balaban J connectivity index is 1.87. The van der Waals surface area contributed by atoms with E-state index in [1.807, 2.05) is 37.3 Å². The summed E-state index contributed by atoms with van der Waals surface area (Å²) in [6.07, 6.45) is 0.527. The summed E-state index contributed by atoms with van der Waals surface area (Å²) < 4.78 is 0. The standard InChI is InChI=1S/C16H18N2O3S/c1-11-16(12-5-3-2-4-6-12)18-14(22-11)9-10-17-13(19)7-8-15(20)21/h2-6H,7-10H2,1H3,(H,17,19)(H,20,21). The lowest BCUT2D eigenvalue weighted by atomic mass is 10.1. The van der Waals surface area contributed by atoms with Crippen LogP contribution in [0.5, 0.6) is 0 Å². The van der Waals surface area contributed by atoms with Crippen LogP contribution < -0.4 is 5.32 Å². The van der Waals surface area contributed by atoms with Crippen LogP contribution in [-0.2, 0) is 16.0 Å². The number of aromatic nitrogens is 1. The largest absolute Gasteiger partial charge is 0.481 e. The lowest BCUT2D eigenvalue weighted by Gasteiger charge is -2.02. The molecule has 0 unspecified atom stereocenters. The first kappa shape index (κ1) is 16.2. The molecule has 0 bridgehead atoms. The number of benzene rings is 1. The summed E-state index contributed by atoms with van der Waals surface area (Å²) >= 11 is 1.62. The second-order valence-electron chi connectivity index (χ2n) is 4.87. The molecule has 0 spiro atoms. The second kappa shape index (κ2) is 7.70. The Bertz CT molecular complexity index is 653. The highest BCUT2D eigenvalue weighted by Gasteiger charge is 2.10. The van der Waals surface area contributed by atoms with E-state index in [2.05, 4.69) is 10.3 Å². The third kappa shape index (κ3) is 4.66. The summed E-state index contributed by atoms with van der Waals surface area (Å²) in [5.74, 6) is -1.20. The van der Waals surface area contributed by atoms with E-state index in [0.717, 1.165) is 21.1 Å². The molecular weight excluding hydrogens is 300 g/mol. The molecule has 2 aromatic rings. The van der Waals surface area contributed by atoms with E-state index < -0.39 is 5.97 Å². The number of hydrogen-bond acceptors (Lipinski definition) is 4. The molecule has 6 heteroatoms. The fourth-order valence-electron chi connectivity index (χ4n) is 2.04. The first-order chi connectivity index (χ1) is 10.6. The highest BCUT2D eigenvalue weighted by molar-refractivity contribution is 7.12. The molecule has 0 aliphatic rings. The molecule has 0 aliphatic heterocycles. The maximum atomic E-state index is 11.4. The lowest BCUT2D eigenvalue weighted by molar-refractivity contribution is -0.138. The van der Waals surface area contributed by atoms with Gasteiger partial charge in [0.15, 0.2) is 0 Å². The maximum Gasteiger partial charge on any atom is 0.303 e. The van der Waals surface area contributed by atoms with E-state index >= 15 is 0 Å². The van der Waals surface area contributed by atoms with Gasteiger partial charge in [-0.25, -0.2) is 4.98 Å². The van der Waals surface area contributed by atoms with Crippen molar-refractivity contribution in [1.29, 1.82) is 0 Å². The number of carboxylic acid groups (broad SMARTS) is 1. The summed E-state index contributed by atoms with van der Waals surface area (Å²) in [6.45, 7) is 2.51. The summed E-state index contributed by atoms with van der Waals surface area (Å²) in [7, 11) is 0. The highest BCUT2D eigenvalue weighted by atomic mass is 32.1. The van der Waals surface area contributed by atoms with E-state index in [9.17, 15) is 9.59 Å². The van der Waals surface area contributed by atoms with Crippen LogP contribution in [-0.4, -0.2) is 28.5 Å². The zero-order valence-electron chi connectivity index (χ0n) is 12.3. The molecule has 1 heterocycles. The predicted molar refractivity (Wildman–Crippen MR) is 85.9 cm³/mol. The molecular formula is C16H18N2O3S. The Morgan fingerprint density at radius 1 is 1.23 bits per heavy atom. The number of rotatable bonds is 7. The molecule has 0 radical (unpaired) electrons. The third-order valence-electron chi connectivity index (χ3n) is 3.12. The van der Waals surface area contributed by atoms with E-state index in [1.54, 1.807) is 11.3 Å². The fourth-order valence-corrected chi connectivity index (χ4v) is 2.99. The number of carboxylic acids is 1. The average molecular weight is 318 g/mol. The number of aliphatic carboxylic acids is 1. The minimum atomic E-state index is -0.960. The van der Waals surface area contributed by atoms with Gasteiger partial charge in [-0.05, 0) is 6.92 Å². The topological polar surface area (TPSA) is 79.3 Å². The Labute approximate surface area is 133 Å². The van der Waals surface area contributed by atoms with Crippen molar-refractivity contribution in [2.45, 2.75) is 26.2 Å². The molecule has 0 saturated carbocycles.